The molecule has 1 N–H and O–H groups in total. The number of aromatic nitrogens is 3. The van der Waals surface area contributed by atoms with E-state index in [4.69, 9.17) is 16.0 Å². The second-order valence-electron chi connectivity index (χ2n) is 8.00. The molecule has 9 heteroatoms. The number of rotatable bonds is 6. The Morgan fingerprint density at radius 1 is 1.22 bits per heavy atom. The number of hydrogen-bond donors (Lipinski definition) is 1. The summed E-state index contributed by atoms with van der Waals surface area (Å²) in [5.41, 5.74) is 0.658. The van der Waals surface area contributed by atoms with Gasteiger partial charge in [0.1, 0.15) is 17.2 Å². The summed E-state index contributed by atoms with van der Waals surface area (Å²) in [5.74, 6) is 1.40. The van der Waals surface area contributed by atoms with Gasteiger partial charge in [-0.1, -0.05) is 48.7 Å². The zero-order valence-electron chi connectivity index (χ0n) is 17.3. The Bertz CT molecular complexity index is 1290. The number of hydrogen-bond acceptors (Lipinski definition) is 7. The predicted octanol–water partition coefficient (Wildman–Crippen LogP) is 6.19. The number of phenolic OH excluding ortho intramolecular Hbond substituents is 1. The molecule has 3 aromatic heterocycles. The average molecular weight is 488 g/mol. The summed E-state index contributed by atoms with van der Waals surface area (Å²) in [6.45, 7) is 0. The first-order valence-electron chi connectivity index (χ1n) is 10.6. The molecule has 0 radical (unpaired) electrons. The van der Waals surface area contributed by atoms with Crippen LogP contribution < -0.4 is 5.63 Å². The highest BCUT2D eigenvalue weighted by molar-refractivity contribution is 7.98. The van der Waals surface area contributed by atoms with Gasteiger partial charge in [0, 0.05) is 40.6 Å². The maximum absolute atomic E-state index is 12.1. The topological polar surface area (TPSA) is 81.2 Å². The van der Waals surface area contributed by atoms with Crippen molar-refractivity contribution in [2.24, 2.45) is 0 Å². The Labute approximate surface area is 198 Å². The van der Waals surface area contributed by atoms with Crippen molar-refractivity contribution in [1.82, 2.24) is 14.8 Å². The minimum absolute atomic E-state index is 0.109. The van der Waals surface area contributed by atoms with Crippen LogP contribution in [0.1, 0.15) is 54.4 Å². The molecule has 0 atom stereocenters. The fourth-order valence-corrected chi connectivity index (χ4v) is 6.18. The van der Waals surface area contributed by atoms with Crippen LogP contribution in [0.5, 0.6) is 5.75 Å². The molecule has 32 heavy (non-hydrogen) atoms. The molecule has 4 aromatic rings. The van der Waals surface area contributed by atoms with E-state index in [2.05, 4.69) is 32.3 Å². The number of thioether (sulfide) groups is 1. The van der Waals surface area contributed by atoms with Gasteiger partial charge in [-0.15, -0.1) is 21.5 Å². The fraction of sp³-hybridized carbons (Fsp3) is 0.348. The van der Waals surface area contributed by atoms with E-state index in [1.807, 2.05) is 0 Å². The minimum atomic E-state index is -0.457. The van der Waals surface area contributed by atoms with Gasteiger partial charge in [-0.3, -0.25) is 0 Å². The molecule has 0 spiro atoms. The molecule has 1 saturated carbocycles. The number of fused-ring (bicyclic) bond motifs is 1. The van der Waals surface area contributed by atoms with Gasteiger partial charge in [0.15, 0.2) is 5.16 Å². The molecule has 0 saturated heterocycles. The van der Waals surface area contributed by atoms with Gasteiger partial charge in [0.05, 0.1) is 5.02 Å². The van der Waals surface area contributed by atoms with Crippen LogP contribution in [0.2, 0.25) is 5.02 Å². The highest BCUT2D eigenvalue weighted by atomic mass is 35.5. The summed E-state index contributed by atoms with van der Waals surface area (Å²) in [5, 5.41) is 22.8. The van der Waals surface area contributed by atoms with Crippen molar-refractivity contribution in [3.05, 3.63) is 67.4 Å². The van der Waals surface area contributed by atoms with E-state index in [9.17, 15) is 9.90 Å². The monoisotopic (exact) mass is 487 g/mol. The van der Waals surface area contributed by atoms with Crippen molar-refractivity contribution in [3.63, 3.8) is 0 Å². The first-order chi connectivity index (χ1) is 15.6. The van der Waals surface area contributed by atoms with E-state index in [0.717, 1.165) is 35.8 Å². The molecule has 0 unspecified atom stereocenters. The third-order valence-electron chi connectivity index (χ3n) is 5.84. The second-order valence-corrected chi connectivity index (χ2v) is 10.4. The van der Waals surface area contributed by atoms with Crippen molar-refractivity contribution < 1.29 is 9.52 Å². The lowest BCUT2D eigenvalue weighted by Gasteiger charge is -2.25. The van der Waals surface area contributed by atoms with Crippen LogP contribution in [0.25, 0.3) is 11.0 Å². The Hall–Kier alpha value is -2.29. The minimum Gasteiger partial charge on any atom is -0.506 e. The summed E-state index contributed by atoms with van der Waals surface area (Å²) in [6, 6.07) is 9.10. The lowest BCUT2D eigenvalue weighted by atomic mass is 9.95. The Balaban J connectivity index is 1.47. The van der Waals surface area contributed by atoms with Crippen molar-refractivity contribution in [2.45, 2.75) is 55.5 Å². The summed E-state index contributed by atoms with van der Waals surface area (Å²) >= 11 is 9.41. The van der Waals surface area contributed by atoms with E-state index in [0.29, 0.717) is 22.8 Å². The van der Waals surface area contributed by atoms with Crippen LogP contribution in [0.4, 0.5) is 0 Å². The van der Waals surface area contributed by atoms with E-state index >= 15 is 0 Å². The average Bonchev–Trinajstić information content (AvgIpc) is 3.44. The third-order valence-corrected chi connectivity index (χ3v) is 8.01. The van der Waals surface area contributed by atoms with Crippen molar-refractivity contribution in [1.29, 1.82) is 0 Å². The quantitative estimate of drug-likeness (QED) is 0.258. The van der Waals surface area contributed by atoms with E-state index in [-0.39, 0.29) is 10.8 Å². The van der Waals surface area contributed by atoms with Crippen LogP contribution >= 0.6 is 34.7 Å². The molecule has 1 aliphatic rings. The molecule has 0 aliphatic heterocycles. The highest BCUT2D eigenvalue weighted by Crippen LogP contribution is 2.36. The largest absolute Gasteiger partial charge is 0.506 e. The van der Waals surface area contributed by atoms with E-state index in [1.54, 1.807) is 29.2 Å². The number of nitrogens with zero attached hydrogens (tertiary/aromatic N) is 3. The summed E-state index contributed by atoms with van der Waals surface area (Å²) < 4.78 is 7.57. The Kier molecular flexibility index (Phi) is 6.26. The molecular weight excluding hydrogens is 466 g/mol. The SMILES string of the molecule is O=c1cc(CSc2nnc(Cc3cccs3)n2C2CCCCC2)c2cc(Cl)c(O)cc2o1. The van der Waals surface area contributed by atoms with Gasteiger partial charge in [-0.05, 0) is 35.9 Å². The van der Waals surface area contributed by atoms with Gasteiger partial charge >= 0.3 is 5.63 Å². The summed E-state index contributed by atoms with van der Waals surface area (Å²) in [6.07, 6.45) is 6.76. The van der Waals surface area contributed by atoms with E-state index < -0.39 is 5.63 Å². The van der Waals surface area contributed by atoms with Gasteiger partial charge in [0.25, 0.3) is 0 Å². The lowest BCUT2D eigenvalue weighted by molar-refractivity contribution is 0.330. The molecule has 1 aliphatic carbocycles. The number of thiophene rings is 1. The summed E-state index contributed by atoms with van der Waals surface area (Å²) in [7, 11) is 0. The van der Waals surface area contributed by atoms with Gasteiger partial charge in [-0.2, -0.15) is 0 Å². The molecule has 3 heterocycles. The Morgan fingerprint density at radius 2 is 2.06 bits per heavy atom. The predicted molar refractivity (Wildman–Crippen MR) is 128 cm³/mol. The lowest BCUT2D eigenvalue weighted by Crippen LogP contribution is -2.16. The van der Waals surface area contributed by atoms with Gasteiger partial charge in [-0.25, -0.2) is 4.79 Å². The van der Waals surface area contributed by atoms with Crippen LogP contribution in [-0.4, -0.2) is 19.9 Å². The highest BCUT2D eigenvalue weighted by Gasteiger charge is 2.23. The molecule has 1 fully saturated rings. The number of phenols is 1. The second kappa shape index (κ2) is 9.29. The normalized spacial score (nSPS) is 14.9. The zero-order chi connectivity index (χ0) is 22.1. The molecular formula is C23H22ClN3O3S2. The van der Waals surface area contributed by atoms with Crippen LogP contribution in [0.15, 0.2) is 50.1 Å². The first kappa shape index (κ1) is 21.6. The smallest absolute Gasteiger partial charge is 0.336 e. The van der Waals surface area contributed by atoms with Crippen LogP contribution in [-0.2, 0) is 12.2 Å². The number of benzene rings is 1. The third kappa shape index (κ3) is 4.44. The van der Waals surface area contributed by atoms with Gasteiger partial charge < -0.3 is 14.1 Å². The molecule has 166 valence electrons. The summed E-state index contributed by atoms with van der Waals surface area (Å²) in [4.78, 5) is 13.4. The van der Waals surface area contributed by atoms with Crippen LogP contribution in [0.3, 0.4) is 0 Å². The number of halogens is 1. The number of aromatic hydroxyl groups is 1. The van der Waals surface area contributed by atoms with Gasteiger partial charge in [0.2, 0.25) is 0 Å². The zero-order valence-corrected chi connectivity index (χ0v) is 19.7. The Morgan fingerprint density at radius 3 is 2.84 bits per heavy atom. The molecule has 6 nitrogen and oxygen atoms in total. The van der Waals surface area contributed by atoms with Crippen molar-refractivity contribution >= 4 is 45.7 Å². The standard InChI is InChI=1S/C23H22ClN3O3S2/c24-18-11-17-14(9-22(29)30-20(17)12-19(18)28)13-32-23-26-25-21(10-16-7-4-8-31-16)27(23)15-5-2-1-3-6-15/h4,7-9,11-12,15,28H,1-3,5-6,10,13H2. The molecule has 0 amide bonds. The first-order valence-corrected chi connectivity index (χ1v) is 12.9. The van der Waals surface area contributed by atoms with Crippen molar-refractivity contribution in [2.75, 3.05) is 0 Å². The molecule has 5 rings (SSSR count). The maximum Gasteiger partial charge on any atom is 0.336 e. The maximum atomic E-state index is 12.1. The molecule has 0 bridgehead atoms. The van der Waals surface area contributed by atoms with Crippen LogP contribution in [0, 0.1) is 0 Å². The fourth-order valence-electron chi connectivity index (χ4n) is 4.30. The molecule has 1 aromatic carbocycles. The van der Waals surface area contributed by atoms with E-state index in [1.165, 1.54) is 36.3 Å². The van der Waals surface area contributed by atoms with Crippen molar-refractivity contribution in [3.8, 4) is 5.75 Å².